The van der Waals surface area contributed by atoms with Gasteiger partial charge in [-0.3, -0.25) is 4.79 Å². The molecule has 0 atom stereocenters. The number of hydrogen-bond donors (Lipinski definition) is 3. The fraction of sp³-hybridized carbons (Fsp3) is 0.333. The van der Waals surface area contributed by atoms with Gasteiger partial charge >= 0.3 is 5.69 Å². The van der Waals surface area contributed by atoms with Crippen molar-refractivity contribution in [3.05, 3.63) is 34.2 Å². The normalized spacial score (nSPS) is 15.1. The standard InChI is InChI=1S/C12H13N3O2/c16-11(8-2-3-8)13-6-7-1-4-9-10(5-7)15-12(17)14-9/h1,4-5,8H,2-3,6H2,(H,13,16)(H2,14,15,17). The molecule has 0 spiro atoms. The van der Waals surface area contributed by atoms with E-state index in [1.54, 1.807) is 0 Å². The molecule has 1 aromatic carbocycles. The number of nitrogens with one attached hydrogen (secondary N) is 3. The summed E-state index contributed by atoms with van der Waals surface area (Å²) >= 11 is 0. The lowest BCUT2D eigenvalue weighted by Gasteiger charge is -2.04. The SMILES string of the molecule is O=C(NCc1ccc2[nH]c(=O)[nH]c2c1)C1CC1. The van der Waals surface area contributed by atoms with Crippen molar-refractivity contribution < 1.29 is 4.79 Å². The summed E-state index contributed by atoms with van der Waals surface area (Å²) in [6.45, 7) is 0.512. The molecule has 5 heteroatoms. The van der Waals surface area contributed by atoms with Gasteiger partial charge in [0.15, 0.2) is 0 Å². The van der Waals surface area contributed by atoms with Crippen LogP contribution in [0.25, 0.3) is 11.0 Å². The Kier molecular flexibility index (Phi) is 2.24. The first-order valence-corrected chi connectivity index (χ1v) is 5.71. The Balaban J connectivity index is 1.75. The van der Waals surface area contributed by atoms with E-state index in [4.69, 9.17) is 0 Å². The van der Waals surface area contributed by atoms with E-state index in [-0.39, 0.29) is 17.5 Å². The van der Waals surface area contributed by atoms with Crippen molar-refractivity contribution in [3.8, 4) is 0 Å². The molecule has 1 aliphatic rings. The highest BCUT2D eigenvalue weighted by Gasteiger charge is 2.29. The first-order chi connectivity index (χ1) is 8.22. The molecule has 3 N–H and O–H groups in total. The number of imidazole rings is 1. The Morgan fingerprint density at radius 2 is 2.06 bits per heavy atom. The van der Waals surface area contributed by atoms with Gasteiger partial charge in [-0.15, -0.1) is 0 Å². The summed E-state index contributed by atoms with van der Waals surface area (Å²) in [6, 6.07) is 5.62. The molecule has 88 valence electrons. The predicted molar refractivity (Wildman–Crippen MR) is 63.5 cm³/mol. The van der Waals surface area contributed by atoms with Crippen LogP contribution in [-0.2, 0) is 11.3 Å². The number of aromatic nitrogens is 2. The molecule has 1 fully saturated rings. The lowest BCUT2D eigenvalue weighted by Crippen LogP contribution is -2.24. The topological polar surface area (TPSA) is 77.8 Å². The van der Waals surface area contributed by atoms with Gasteiger partial charge in [-0.2, -0.15) is 0 Å². The highest BCUT2D eigenvalue weighted by Crippen LogP contribution is 2.28. The summed E-state index contributed by atoms with van der Waals surface area (Å²) < 4.78 is 0. The summed E-state index contributed by atoms with van der Waals surface area (Å²) in [7, 11) is 0. The Morgan fingerprint density at radius 3 is 2.82 bits per heavy atom. The monoisotopic (exact) mass is 231 g/mol. The molecule has 0 unspecified atom stereocenters. The van der Waals surface area contributed by atoms with E-state index in [1.807, 2.05) is 18.2 Å². The summed E-state index contributed by atoms with van der Waals surface area (Å²) in [5.74, 6) is 0.360. The predicted octanol–water partition coefficient (Wildman–Crippen LogP) is 0.882. The van der Waals surface area contributed by atoms with Gasteiger partial charge < -0.3 is 15.3 Å². The molecule has 0 saturated heterocycles. The van der Waals surface area contributed by atoms with Gasteiger partial charge in [0.2, 0.25) is 5.91 Å². The van der Waals surface area contributed by atoms with Gasteiger partial charge in [-0.25, -0.2) is 4.79 Å². The fourth-order valence-electron chi connectivity index (χ4n) is 1.87. The molecule has 1 amide bonds. The molecular weight excluding hydrogens is 218 g/mol. The van der Waals surface area contributed by atoms with Crippen LogP contribution in [0.2, 0.25) is 0 Å². The first kappa shape index (κ1) is 10.1. The van der Waals surface area contributed by atoms with Crippen LogP contribution < -0.4 is 11.0 Å². The lowest BCUT2D eigenvalue weighted by molar-refractivity contribution is -0.122. The zero-order valence-electron chi connectivity index (χ0n) is 9.25. The zero-order valence-corrected chi connectivity index (χ0v) is 9.25. The largest absolute Gasteiger partial charge is 0.352 e. The first-order valence-electron chi connectivity index (χ1n) is 5.71. The van der Waals surface area contributed by atoms with E-state index in [9.17, 15) is 9.59 Å². The summed E-state index contributed by atoms with van der Waals surface area (Å²) in [5.41, 5.74) is 2.33. The van der Waals surface area contributed by atoms with Crippen molar-refractivity contribution in [1.29, 1.82) is 0 Å². The van der Waals surface area contributed by atoms with Crippen molar-refractivity contribution in [2.45, 2.75) is 19.4 Å². The van der Waals surface area contributed by atoms with Gasteiger partial charge in [0.25, 0.3) is 0 Å². The second kappa shape index (κ2) is 3.76. The molecule has 0 radical (unpaired) electrons. The molecule has 0 aliphatic heterocycles. The minimum atomic E-state index is -0.209. The van der Waals surface area contributed by atoms with Crippen molar-refractivity contribution in [2.75, 3.05) is 0 Å². The minimum absolute atomic E-state index is 0.132. The maximum absolute atomic E-state index is 11.5. The molecule has 0 bridgehead atoms. The summed E-state index contributed by atoms with van der Waals surface area (Å²) in [5, 5.41) is 2.89. The van der Waals surface area contributed by atoms with Crippen LogP contribution >= 0.6 is 0 Å². The number of carbonyl (C=O) groups excluding carboxylic acids is 1. The molecule has 1 aromatic heterocycles. The Hall–Kier alpha value is -2.04. The van der Waals surface area contributed by atoms with Crippen LogP contribution in [0.4, 0.5) is 0 Å². The van der Waals surface area contributed by atoms with Crippen LogP contribution in [0, 0.1) is 5.92 Å². The smallest absolute Gasteiger partial charge is 0.323 e. The zero-order chi connectivity index (χ0) is 11.8. The highest BCUT2D eigenvalue weighted by molar-refractivity contribution is 5.81. The molecule has 1 heterocycles. The molecule has 2 aromatic rings. The molecule has 17 heavy (non-hydrogen) atoms. The maximum Gasteiger partial charge on any atom is 0.323 e. The van der Waals surface area contributed by atoms with E-state index in [1.165, 1.54) is 0 Å². The number of rotatable bonds is 3. The Labute approximate surface area is 97.2 Å². The van der Waals surface area contributed by atoms with E-state index >= 15 is 0 Å². The highest BCUT2D eigenvalue weighted by atomic mass is 16.2. The number of benzene rings is 1. The second-order valence-electron chi connectivity index (χ2n) is 4.45. The second-order valence-corrected chi connectivity index (χ2v) is 4.45. The quantitative estimate of drug-likeness (QED) is 0.733. The van der Waals surface area contributed by atoms with E-state index in [0.717, 1.165) is 29.4 Å². The molecule has 5 nitrogen and oxygen atoms in total. The van der Waals surface area contributed by atoms with E-state index in [0.29, 0.717) is 6.54 Å². The number of hydrogen-bond acceptors (Lipinski definition) is 2. The summed E-state index contributed by atoms with van der Waals surface area (Å²) in [4.78, 5) is 27.9. The molecule has 1 saturated carbocycles. The lowest BCUT2D eigenvalue weighted by atomic mass is 10.2. The number of carbonyl (C=O) groups is 1. The third-order valence-corrected chi connectivity index (χ3v) is 3.00. The maximum atomic E-state index is 11.5. The van der Waals surface area contributed by atoms with Crippen molar-refractivity contribution in [3.63, 3.8) is 0 Å². The third-order valence-electron chi connectivity index (χ3n) is 3.00. The molecular formula is C12H13N3O2. The van der Waals surface area contributed by atoms with Gasteiger partial charge in [0.05, 0.1) is 11.0 Å². The fourth-order valence-corrected chi connectivity index (χ4v) is 1.87. The number of fused-ring (bicyclic) bond motifs is 1. The van der Waals surface area contributed by atoms with Crippen molar-refractivity contribution in [2.24, 2.45) is 5.92 Å². The van der Waals surface area contributed by atoms with Gasteiger partial charge in [0, 0.05) is 12.5 Å². The number of H-pyrrole nitrogens is 2. The third kappa shape index (κ3) is 2.08. The van der Waals surface area contributed by atoms with Gasteiger partial charge in [-0.1, -0.05) is 6.07 Å². The van der Waals surface area contributed by atoms with E-state index in [2.05, 4.69) is 15.3 Å². The van der Waals surface area contributed by atoms with Crippen LogP contribution in [0.15, 0.2) is 23.0 Å². The van der Waals surface area contributed by atoms with Crippen LogP contribution in [-0.4, -0.2) is 15.9 Å². The average Bonchev–Trinajstić information content (AvgIpc) is 3.08. The molecule has 1 aliphatic carbocycles. The Morgan fingerprint density at radius 1 is 1.29 bits per heavy atom. The van der Waals surface area contributed by atoms with Gasteiger partial charge in [0.1, 0.15) is 0 Å². The summed E-state index contributed by atoms with van der Waals surface area (Å²) in [6.07, 6.45) is 2.02. The van der Waals surface area contributed by atoms with Gasteiger partial charge in [-0.05, 0) is 30.5 Å². The van der Waals surface area contributed by atoms with Crippen molar-refractivity contribution in [1.82, 2.24) is 15.3 Å². The average molecular weight is 231 g/mol. The van der Waals surface area contributed by atoms with Crippen LogP contribution in [0.3, 0.4) is 0 Å². The van der Waals surface area contributed by atoms with Crippen LogP contribution in [0.5, 0.6) is 0 Å². The van der Waals surface area contributed by atoms with Crippen molar-refractivity contribution >= 4 is 16.9 Å². The number of amides is 1. The minimum Gasteiger partial charge on any atom is -0.352 e. The molecule has 3 rings (SSSR count). The van der Waals surface area contributed by atoms with Crippen LogP contribution in [0.1, 0.15) is 18.4 Å². The van der Waals surface area contributed by atoms with E-state index < -0.39 is 0 Å². The number of aromatic amines is 2. The Bertz CT molecular complexity index is 622.